The maximum atomic E-state index is 12.6. The summed E-state index contributed by atoms with van der Waals surface area (Å²) in [7, 11) is 0. The molecule has 0 spiro atoms. The SMILES string of the molecule is CC(=O)N1CCC(NC(=O)CSc2nnc(COc3ccccc3C)n2-c2ccccc2)CC1. The van der Waals surface area contributed by atoms with E-state index in [9.17, 15) is 9.59 Å². The zero-order chi connectivity index (χ0) is 23.9. The average molecular weight is 480 g/mol. The van der Waals surface area contributed by atoms with Crippen LogP contribution in [0.25, 0.3) is 5.69 Å². The summed E-state index contributed by atoms with van der Waals surface area (Å²) in [5.41, 5.74) is 1.96. The quantitative estimate of drug-likeness (QED) is 0.499. The zero-order valence-corrected chi connectivity index (χ0v) is 20.3. The second-order valence-electron chi connectivity index (χ2n) is 8.26. The molecule has 1 aliphatic heterocycles. The fraction of sp³-hybridized carbons (Fsp3) is 0.360. The van der Waals surface area contributed by atoms with Crippen molar-refractivity contribution >= 4 is 23.6 Å². The van der Waals surface area contributed by atoms with Crippen molar-refractivity contribution < 1.29 is 14.3 Å². The maximum absolute atomic E-state index is 12.6. The molecular weight excluding hydrogens is 450 g/mol. The molecule has 1 aromatic heterocycles. The predicted octanol–water partition coefficient (Wildman–Crippen LogP) is 3.37. The van der Waals surface area contributed by atoms with E-state index in [1.807, 2.05) is 71.0 Å². The Morgan fingerprint density at radius 2 is 1.76 bits per heavy atom. The first-order valence-electron chi connectivity index (χ1n) is 11.4. The number of benzene rings is 2. The standard InChI is InChI=1S/C25H29N5O3S/c1-18-8-6-7-11-22(18)33-16-23-27-28-25(30(23)21-9-4-3-5-10-21)34-17-24(32)26-20-12-14-29(15-13-20)19(2)31/h3-11,20H,12-17H2,1-2H3,(H,26,32). The second kappa shape index (κ2) is 11.2. The number of ether oxygens (including phenoxy) is 1. The van der Waals surface area contributed by atoms with Crippen LogP contribution >= 0.6 is 11.8 Å². The molecule has 1 fully saturated rings. The van der Waals surface area contributed by atoms with Crippen LogP contribution < -0.4 is 10.1 Å². The Bertz CT molecular complexity index is 1130. The monoisotopic (exact) mass is 479 g/mol. The molecule has 8 nitrogen and oxygen atoms in total. The van der Waals surface area contributed by atoms with Gasteiger partial charge in [0.15, 0.2) is 11.0 Å². The number of piperidine rings is 1. The number of rotatable bonds is 8. The first-order chi connectivity index (χ1) is 16.5. The molecule has 0 saturated carbocycles. The third-order valence-electron chi connectivity index (χ3n) is 5.80. The Balaban J connectivity index is 1.41. The highest BCUT2D eigenvalue weighted by Gasteiger charge is 2.23. The topological polar surface area (TPSA) is 89.3 Å². The maximum Gasteiger partial charge on any atom is 0.230 e. The van der Waals surface area contributed by atoms with Gasteiger partial charge in [-0.15, -0.1) is 10.2 Å². The Hall–Kier alpha value is -3.33. The van der Waals surface area contributed by atoms with E-state index in [2.05, 4.69) is 15.5 Å². The number of nitrogens with zero attached hydrogens (tertiary/aromatic N) is 4. The third-order valence-corrected chi connectivity index (χ3v) is 6.73. The van der Waals surface area contributed by atoms with Crippen LogP contribution in [-0.2, 0) is 16.2 Å². The molecule has 1 N–H and O–H groups in total. The molecule has 3 aromatic rings. The van der Waals surface area contributed by atoms with Crippen LogP contribution in [0, 0.1) is 6.92 Å². The first kappa shape index (κ1) is 23.8. The minimum atomic E-state index is -0.0494. The van der Waals surface area contributed by atoms with Crippen molar-refractivity contribution in [3.63, 3.8) is 0 Å². The van der Waals surface area contributed by atoms with Crippen LogP contribution in [0.4, 0.5) is 0 Å². The molecule has 4 rings (SSSR count). The smallest absolute Gasteiger partial charge is 0.230 e. The third kappa shape index (κ3) is 5.96. The average Bonchev–Trinajstić information content (AvgIpc) is 3.26. The fourth-order valence-corrected chi connectivity index (χ4v) is 4.70. The Kier molecular flexibility index (Phi) is 7.84. The van der Waals surface area contributed by atoms with Crippen LogP contribution in [0.2, 0.25) is 0 Å². The molecule has 0 radical (unpaired) electrons. The van der Waals surface area contributed by atoms with Gasteiger partial charge >= 0.3 is 0 Å². The number of aromatic nitrogens is 3. The van der Waals surface area contributed by atoms with Crippen LogP contribution in [-0.4, -0.2) is 56.4 Å². The Morgan fingerprint density at radius 1 is 1.06 bits per heavy atom. The molecule has 0 atom stereocenters. The summed E-state index contributed by atoms with van der Waals surface area (Å²) in [4.78, 5) is 25.9. The number of hydrogen-bond donors (Lipinski definition) is 1. The normalized spacial score (nSPS) is 14.1. The summed E-state index contributed by atoms with van der Waals surface area (Å²) in [6.07, 6.45) is 1.55. The van der Waals surface area contributed by atoms with Gasteiger partial charge in [-0.3, -0.25) is 14.2 Å². The molecule has 2 aromatic carbocycles. The molecule has 2 heterocycles. The van der Waals surface area contributed by atoms with Crippen LogP contribution in [0.1, 0.15) is 31.2 Å². The van der Waals surface area contributed by atoms with Gasteiger partial charge in [0, 0.05) is 31.7 Å². The minimum Gasteiger partial charge on any atom is -0.485 e. The molecule has 0 aliphatic carbocycles. The van der Waals surface area contributed by atoms with E-state index in [0.29, 0.717) is 24.1 Å². The summed E-state index contributed by atoms with van der Waals surface area (Å²) < 4.78 is 7.94. The van der Waals surface area contributed by atoms with E-state index >= 15 is 0 Å². The highest BCUT2D eigenvalue weighted by molar-refractivity contribution is 7.99. The van der Waals surface area contributed by atoms with E-state index in [1.54, 1.807) is 6.92 Å². The Morgan fingerprint density at radius 3 is 2.47 bits per heavy atom. The summed E-state index contributed by atoms with van der Waals surface area (Å²) in [6, 6.07) is 17.8. The molecule has 9 heteroatoms. The van der Waals surface area contributed by atoms with Crippen molar-refractivity contribution in [3.05, 3.63) is 66.0 Å². The predicted molar refractivity (Wildman–Crippen MR) is 131 cm³/mol. The number of aryl methyl sites for hydroxylation is 1. The molecular formula is C25H29N5O3S. The van der Waals surface area contributed by atoms with Crippen molar-refractivity contribution in [1.82, 2.24) is 25.0 Å². The van der Waals surface area contributed by atoms with Gasteiger partial charge < -0.3 is 15.0 Å². The van der Waals surface area contributed by atoms with Gasteiger partial charge in [0.2, 0.25) is 11.8 Å². The lowest BCUT2D eigenvalue weighted by Gasteiger charge is -2.31. The lowest BCUT2D eigenvalue weighted by atomic mass is 10.1. The number of para-hydroxylation sites is 2. The molecule has 2 amide bonds. The summed E-state index contributed by atoms with van der Waals surface area (Å²) in [5.74, 6) is 1.73. The molecule has 1 saturated heterocycles. The van der Waals surface area contributed by atoms with Gasteiger partial charge in [0.1, 0.15) is 12.4 Å². The number of amides is 2. The van der Waals surface area contributed by atoms with Gasteiger partial charge in [-0.1, -0.05) is 48.2 Å². The van der Waals surface area contributed by atoms with Crippen molar-refractivity contribution in [3.8, 4) is 11.4 Å². The summed E-state index contributed by atoms with van der Waals surface area (Å²) >= 11 is 1.35. The van der Waals surface area contributed by atoms with Gasteiger partial charge in [0.25, 0.3) is 0 Å². The van der Waals surface area contributed by atoms with Gasteiger partial charge in [-0.25, -0.2) is 0 Å². The highest BCUT2D eigenvalue weighted by Crippen LogP contribution is 2.24. The van der Waals surface area contributed by atoms with E-state index in [-0.39, 0.29) is 30.2 Å². The number of nitrogens with one attached hydrogen (secondary N) is 1. The van der Waals surface area contributed by atoms with E-state index in [1.165, 1.54) is 11.8 Å². The molecule has 34 heavy (non-hydrogen) atoms. The second-order valence-corrected chi connectivity index (χ2v) is 9.20. The molecule has 0 unspecified atom stereocenters. The zero-order valence-electron chi connectivity index (χ0n) is 19.4. The van der Waals surface area contributed by atoms with Gasteiger partial charge in [-0.2, -0.15) is 0 Å². The summed E-state index contributed by atoms with van der Waals surface area (Å²) in [5, 5.41) is 12.4. The van der Waals surface area contributed by atoms with E-state index < -0.39 is 0 Å². The first-order valence-corrected chi connectivity index (χ1v) is 12.4. The fourth-order valence-electron chi connectivity index (χ4n) is 3.92. The van der Waals surface area contributed by atoms with Crippen molar-refractivity contribution in [1.29, 1.82) is 0 Å². The minimum absolute atomic E-state index is 0.0494. The summed E-state index contributed by atoms with van der Waals surface area (Å²) in [6.45, 7) is 5.20. The molecule has 178 valence electrons. The van der Waals surface area contributed by atoms with E-state index in [4.69, 9.17) is 4.74 Å². The van der Waals surface area contributed by atoms with Crippen molar-refractivity contribution in [2.24, 2.45) is 0 Å². The van der Waals surface area contributed by atoms with Crippen LogP contribution in [0.3, 0.4) is 0 Å². The van der Waals surface area contributed by atoms with Crippen molar-refractivity contribution in [2.45, 2.75) is 44.5 Å². The largest absolute Gasteiger partial charge is 0.485 e. The van der Waals surface area contributed by atoms with Gasteiger partial charge in [0.05, 0.1) is 5.75 Å². The number of hydrogen-bond acceptors (Lipinski definition) is 6. The number of thioether (sulfide) groups is 1. The van der Waals surface area contributed by atoms with Gasteiger partial charge in [-0.05, 0) is 43.5 Å². The molecule has 1 aliphatic rings. The van der Waals surface area contributed by atoms with Crippen LogP contribution in [0.15, 0.2) is 59.8 Å². The lowest BCUT2D eigenvalue weighted by molar-refractivity contribution is -0.130. The number of carbonyl (C=O) groups is 2. The Labute approximate surface area is 203 Å². The highest BCUT2D eigenvalue weighted by atomic mass is 32.2. The van der Waals surface area contributed by atoms with Crippen molar-refractivity contribution in [2.75, 3.05) is 18.8 Å². The number of carbonyl (C=O) groups excluding carboxylic acids is 2. The lowest BCUT2D eigenvalue weighted by Crippen LogP contribution is -2.46. The van der Waals surface area contributed by atoms with E-state index in [0.717, 1.165) is 29.8 Å². The number of likely N-dealkylation sites (tertiary alicyclic amines) is 1. The van der Waals surface area contributed by atoms with Crippen LogP contribution in [0.5, 0.6) is 5.75 Å². The molecule has 0 bridgehead atoms.